The summed E-state index contributed by atoms with van der Waals surface area (Å²) in [6, 6.07) is 0.571. The normalized spacial score (nSPS) is 23.6. The molecule has 1 fully saturated rings. The molecule has 0 bridgehead atoms. The molecule has 1 saturated heterocycles. The van der Waals surface area contributed by atoms with Crippen molar-refractivity contribution in [3.63, 3.8) is 0 Å². The Hall–Kier alpha value is -0.160. The predicted octanol–water partition coefficient (Wildman–Crippen LogP) is 0.679. The third-order valence-corrected chi connectivity index (χ3v) is 2.73. The van der Waals surface area contributed by atoms with Crippen LogP contribution < -0.4 is 5.32 Å². The summed E-state index contributed by atoms with van der Waals surface area (Å²) in [5.41, 5.74) is 0. The highest BCUT2D eigenvalue weighted by Crippen LogP contribution is 2.06. The van der Waals surface area contributed by atoms with Crippen LogP contribution in [0.4, 0.5) is 0 Å². The van der Waals surface area contributed by atoms with Gasteiger partial charge in [0.05, 0.1) is 0 Å². The highest BCUT2D eigenvalue weighted by molar-refractivity contribution is 4.76. The second-order valence-corrected chi connectivity index (χ2v) is 3.89. The molecule has 1 N–H and O–H groups in total. The molecule has 0 aromatic carbocycles. The first kappa shape index (κ1) is 12.9. The van der Waals surface area contributed by atoms with E-state index >= 15 is 0 Å². The van der Waals surface area contributed by atoms with Crippen molar-refractivity contribution in [1.82, 2.24) is 10.2 Å². The van der Waals surface area contributed by atoms with E-state index in [0.717, 1.165) is 26.2 Å². The van der Waals surface area contributed by atoms with Gasteiger partial charge in [0.15, 0.2) is 6.29 Å². The molecule has 4 nitrogen and oxygen atoms in total. The van der Waals surface area contributed by atoms with E-state index < -0.39 is 0 Å². The monoisotopic (exact) mass is 216 g/mol. The highest BCUT2D eigenvalue weighted by Gasteiger charge is 2.21. The highest BCUT2D eigenvalue weighted by atomic mass is 16.7. The quantitative estimate of drug-likeness (QED) is 0.662. The number of ether oxygens (including phenoxy) is 2. The molecule has 1 aliphatic heterocycles. The molecule has 0 aromatic rings. The van der Waals surface area contributed by atoms with Gasteiger partial charge in [-0.1, -0.05) is 0 Å². The van der Waals surface area contributed by atoms with Crippen LogP contribution in [-0.4, -0.2) is 56.6 Å². The van der Waals surface area contributed by atoms with Crippen molar-refractivity contribution in [2.45, 2.75) is 33.1 Å². The lowest BCUT2D eigenvalue weighted by Crippen LogP contribution is -2.52. The molecule has 90 valence electrons. The van der Waals surface area contributed by atoms with Crippen LogP contribution in [0.5, 0.6) is 0 Å². The lowest BCUT2D eigenvalue weighted by atomic mass is 10.2. The van der Waals surface area contributed by atoms with Gasteiger partial charge >= 0.3 is 0 Å². The summed E-state index contributed by atoms with van der Waals surface area (Å²) in [6.45, 7) is 11.8. The number of hydrogen-bond donors (Lipinski definition) is 1. The number of hydrogen-bond acceptors (Lipinski definition) is 4. The number of nitrogens with one attached hydrogen (secondary N) is 1. The van der Waals surface area contributed by atoms with E-state index in [-0.39, 0.29) is 6.29 Å². The number of piperazine rings is 1. The summed E-state index contributed by atoms with van der Waals surface area (Å²) >= 11 is 0. The van der Waals surface area contributed by atoms with Gasteiger partial charge in [-0.05, 0) is 20.8 Å². The van der Waals surface area contributed by atoms with Crippen LogP contribution in [0, 0.1) is 0 Å². The second kappa shape index (κ2) is 7.17. The summed E-state index contributed by atoms with van der Waals surface area (Å²) in [4.78, 5) is 2.42. The molecule has 0 saturated carbocycles. The minimum Gasteiger partial charge on any atom is -0.352 e. The van der Waals surface area contributed by atoms with Gasteiger partial charge in [0.25, 0.3) is 0 Å². The van der Waals surface area contributed by atoms with Crippen molar-refractivity contribution in [3.8, 4) is 0 Å². The molecule has 1 atom stereocenters. The fourth-order valence-electron chi connectivity index (χ4n) is 1.87. The summed E-state index contributed by atoms with van der Waals surface area (Å²) in [6.07, 6.45) is -0.0689. The minimum absolute atomic E-state index is 0.0689. The molecule has 0 amide bonds. The van der Waals surface area contributed by atoms with E-state index in [1.165, 1.54) is 0 Å². The van der Waals surface area contributed by atoms with Gasteiger partial charge in [-0.3, -0.25) is 4.90 Å². The second-order valence-electron chi connectivity index (χ2n) is 3.89. The fraction of sp³-hybridized carbons (Fsp3) is 1.00. The maximum absolute atomic E-state index is 5.55. The first-order chi connectivity index (χ1) is 7.27. The Morgan fingerprint density at radius 2 is 2.00 bits per heavy atom. The number of nitrogens with zero attached hydrogens (tertiary/aromatic N) is 1. The zero-order chi connectivity index (χ0) is 11.1. The Labute approximate surface area is 92.9 Å². The molecule has 0 unspecified atom stereocenters. The average molecular weight is 216 g/mol. The topological polar surface area (TPSA) is 33.7 Å². The van der Waals surface area contributed by atoms with Gasteiger partial charge in [-0.15, -0.1) is 0 Å². The SMILES string of the molecule is CCOC(CN1CCNC[C@H]1C)OCC. The van der Waals surface area contributed by atoms with Crippen molar-refractivity contribution >= 4 is 0 Å². The molecule has 0 aromatic heterocycles. The molecule has 1 aliphatic rings. The molecule has 15 heavy (non-hydrogen) atoms. The molecule has 0 radical (unpaired) electrons. The van der Waals surface area contributed by atoms with E-state index in [1.54, 1.807) is 0 Å². The van der Waals surface area contributed by atoms with Crippen molar-refractivity contribution in [2.24, 2.45) is 0 Å². The number of rotatable bonds is 6. The third kappa shape index (κ3) is 4.47. The van der Waals surface area contributed by atoms with E-state index in [4.69, 9.17) is 9.47 Å². The van der Waals surface area contributed by atoms with E-state index in [1.807, 2.05) is 13.8 Å². The van der Waals surface area contributed by atoms with Gasteiger partial charge in [-0.2, -0.15) is 0 Å². The average Bonchev–Trinajstić information content (AvgIpc) is 2.22. The molecule has 1 rings (SSSR count). The minimum atomic E-state index is -0.0689. The summed E-state index contributed by atoms with van der Waals surface area (Å²) in [7, 11) is 0. The molecule has 1 heterocycles. The van der Waals surface area contributed by atoms with Crippen LogP contribution in [0.2, 0.25) is 0 Å². The Bertz CT molecular complexity index is 161. The van der Waals surface area contributed by atoms with Crippen molar-refractivity contribution < 1.29 is 9.47 Å². The summed E-state index contributed by atoms with van der Waals surface area (Å²) in [5.74, 6) is 0. The Morgan fingerprint density at radius 1 is 1.33 bits per heavy atom. The van der Waals surface area contributed by atoms with Crippen LogP contribution in [0.15, 0.2) is 0 Å². The summed E-state index contributed by atoms with van der Waals surface area (Å²) < 4.78 is 11.1. The van der Waals surface area contributed by atoms with Gasteiger partial charge in [0, 0.05) is 45.4 Å². The van der Waals surface area contributed by atoms with E-state index in [0.29, 0.717) is 19.3 Å². The maximum atomic E-state index is 5.55. The van der Waals surface area contributed by atoms with Crippen LogP contribution in [0.3, 0.4) is 0 Å². The zero-order valence-corrected chi connectivity index (χ0v) is 10.2. The van der Waals surface area contributed by atoms with Gasteiger partial charge in [0.1, 0.15) is 0 Å². The molecular weight excluding hydrogens is 192 g/mol. The molecule has 0 spiro atoms. The smallest absolute Gasteiger partial charge is 0.170 e. The van der Waals surface area contributed by atoms with Crippen molar-refractivity contribution in [2.75, 3.05) is 39.4 Å². The Morgan fingerprint density at radius 3 is 2.53 bits per heavy atom. The van der Waals surface area contributed by atoms with Crippen LogP contribution in [0.1, 0.15) is 20.8 Å². The lowest BCUT2D eigenvalue weighted by molar-refractivity contribution is -0.151. The lowest BCUT2D eigenvalue weighted by Gasteiger charge is -2.35. The van der Waals surface area contributed by atoms with Gasteiger partial charge in [-0.25, -0.2) is 0 Å². The van der Waals surface area contributed by atoms with Crippen LogP contribution in [0.25, 0.3) is 0 Å². The first-order valence-electron chi connectivity index (χ1n) is 5.95. The Balaban J connectivity index is 2.33. The standard InChI is InChI=1S/C11H24N2O2/c1-4-14-11(15-5-2)9-13-7-6-12-8-10(13)3/h10-12H,4-9H2,1-3H3/t10-/m1/s1. The van der Waals surface area contributed by atoms with Gasteiger partial charge < -0.3 is 14.8 Å². The van der Waals surface area contributed by atoms with Crippen LogP contribution >= 0.6 is 0 Å². The molecule has 0 aliphatic carbocycles. The van der Waals surface area contributed by atoms with Gasteiger partial charge in [0.2, 0.25) is 0 Å². The van der Waals surface area contributed by atoms with Crippen molar-refractivity contribution in [3.05, 3.63) is 0 Å². The fourth-order valence-corrected chi connectivity index (χ4v) is 1.87. The predicted molar refractivity (Wildman–Crippen MR) is 60.9 cm³/mol. The maximum Gasteiger partial charge on any atom is 0.170 e. The third-order valence-electron chi connectivity index (χ3n) is 2.73. The zero-order valence-electron chi connectivity index (χ0n) is 10.2. The Kier molecular flexibility index (Phi) is 6.17. The molecular formula is C11H24N2O2. The summed E-state index contributed by atoms with van der Waals surface area (Å²) in [5, 5.41) is 3.38. The van der Waals surface area contributed by atoms with E-state index in [2.05, 4.69) is 17.1 Å². The largest absolute Gasteiger partial charge is 0.352 e. The van der Waals surface area contributed by atoms with Crippen molar-refractivity contribution in [1.29, 1.82) is 0 Å². The van der Waals surface area contributed by atoms with Crippen LogP contribution in [-0.2, 0) is 9.47 Å². The first-order valence-corrected chi connectivity index (χ1v) is 5.95. The molecule has 4 heteroatoms. The van der Waals surface area contributed by atoms with E-state index in [9.17, 15) is 0 Å².